The molecule has 0 saturated carbocycles. The van der Waals surface area contributed by atoms with Crippen molar-refractivity contribution in [2.45, 2.75) is 19.8 Å². The average molecular weight is 299 g/mol. The van der Waals surface area contributed by atoms with Gasteiger partial charge in [0.2, 0.25) is 5.91 Å². The number of aromatic nitrogens is 1. The van der Waals surface area contributed by atoms with E-state index >= 15 is 0 Å². The second-order valence-electron chi connectivity index (χ2n) is 4.80. The van der Waals surface area contributed by atoms with Gasteiger partial charge in [-0.25, -0.2) is 4.98 Å². The monoisotopic (exact) mass is 299 g/mol. The van der Waals surface area contributed by atoms with Crippen molar-refractivity contribution in [1.82, 2.24) is 10.3 Å². The topological polar surface area (TPSA) is 65.8 Å². The summed E-state index contributed by atoms with van der Waals surface area (Å²) in [5, 5.41) is 15.0. The number of nitriles is 1. The lowest BCUT2D eigenvalue weighted by atomic mass is 10.00. The van der Waals surface area contributed by atoms with Crippen LogP contribution in [0.25, 0.3) is 0 Å². The first-order chi connectivity index (χ1) is 10.2. The van der Waals surface area contributed by atoms with Crippen molar-refractivity contribution >= 4 is 17.2 Å². The van der Waals surface area contributed by atoms with Crippen LogP contribution in [0.4, 0.5) is 0 Å². The highest BCUT2D eigenvalue weighted by molar-refractivity contribution is 7.09. The van der Waals surface area contributed by atoms with Crippen molar-refractivity contribution in [2.24, 2.45) is 5.92 Å². The van der Waals surface area contributed by atoms with E-state index in [0.29, 0.717) is 19.4 Å². The maximum Gasteiger partial charge on any atom is 0.237 e. The van der Waals surface area contributed by atoms with Gasteiger partial charge in [-0.1, -0.05) is 30.3 Å². The van der Waals surface area contributed by atoms with E-state index in [2.05, 4.69) is 16.4 Å². The summed E-state index contributed by atoms with van der Waals surface area (Å²) in [5.74, 6) is -0.861. The van der Waals surface area contributed by atoms with Crippen LogP contribution in [0.5, 0.6) is 0 Å². The number of thiazole rings is 1. The van der Waals surface area contributed by atoms with Crippen LogP contribution in [0.15, 0.2) is 35.7 Å². The molecule has 1 unspecified atom stereocenters. The molecular formula is C16H17N3OS. The molecule has 1 amide bonds. The molecule has 21 heavy (non-hydrogen) atoms. The highest BCUT2D eigenvalue weighted by Crippen LogP contribution is 2.10. The molecule has 2 aromatic rings. The van der Waals surface area contributed by atoms with E-state index in [9.17, 15) is 4.79 Å². The van der Waals surface area contributed by atoms with Gasteiger partial charge in [0.05, 0.1) is 11.1 Å². The SMILES string of the molecule is Cc1csc(CCNC(=O)C(C#N)Cc2ccccc2)n1. The Hall–Kier alpha value is -2.19. The van der Waals surface area contributed by atoms with Gasteiger partial charge >= 0.3 is 0 Å². The van der Waals surface area contributed by atoms with Crippen molar-refractivity contribution < 1.29 is 4.79 Å². The van der Waals surface area contributed by atoms with Crippen molar-refractivity contribution in [3.63, 3.8) is 0 Å². The molecule has 0 bridgehead atoms. The van der Waals surface area contributed by atoms with Gasteiger partial charge in [-0.3, -0.25) is 4.79 Å². The number of hydrogen-bond acceptors (Lipinski definition) is 4. The van der Waals surface area contributed by atoms with Crippen molar-refractivity contribution in [3.8, 4) is 6.07 Å². The number of carbonyl (C=O) groups is 1. The molecule has 4 nitrogen and oxygen atoms in total. The van der Waals surface area contributed by atoms with E-state index in [4.69, 9.17) is 5.26 Å². The summed E-state index contributed by atoms with van der Waals surface area (Å²) >= 11 is 1.59. The summed E-state index contributed by atoms with van der Waals surface area (Å²) in [6.07, 6.45) is 1.15. The summed E-state index contributed by atoms with van der Waals surface area (Å²) in [6, 6.07) is 11.7. The van der Waals surface area contributed by atoms with Crippen LogP contribution < -0.4 is 5.32 Å². The Labute approximate surface area is 128 Å². The van der Waals surface area contributed by atoms with Crippen LogP contribution in [-0.4, -0.2) is 17.4 Å². The Morgan fingerprint density at radius 1 is 1.43 bits per heavy atom. The molecule has 0 radical (unpaired) electrons. The predicted molar refractivity (Wildman–Crippen MR) is 82.8 cm³/mol. The molecule has 0 aliphatic rings. The number of amides is 1. The zero-order valence-corrected chi connectivity index (χ0v) is 12.7. The summed E-state index contributed by atoms with van der Waals surface area (Å²) in [6.45, 7) is 2.46. The maximum atomic E-state index is 12.0. The lowest BCUT2D eigenvalue weighted by Gasteiger charge is -2.09. The van der Waals surface area contributed by atoms with E-state index in [0.717, 1.165) is 16.3 Å². The van der Waals surface area contributed by atoms with Gasteiger partial charge in [0.25, 0.3) is 0 Å². The zero-order chi connectivity index (χ0) is 15.1. The standard InChI is InChI=1S/C16H17N3OS/c1-12-11-21-15(19-12)7-8-18-16(20)14(10-17)9-13-5-3-2-4-6-13/h2-6,11,14H,7-9H2,1H3,(H,18,20). The second kappa shape index (κ2) is 7.55. The first-order valence-electron chi connectivity index (χ1n) is 6.81. The lowest BCUT2D eigenvalue weighted by molar-refractivity contribution is -0.123. The zero-order valence-electron chi connectivity index (χ0n) is 11.9. The molecule has 0 fully saturated rings. The Morgan fingerprint density at radius 3 is 2.81 bits per heavy atom. The number of carbonyl (C=O) groups excluding carboxylic acids is 1. The molecule has 108 valence electrons. The Morgan fingerprint density at radius 2 is 2.19 bits per heavy atom. The van der Waals surface area contributed by atoms with E-state index in [1.165, 1.54) is 0 Å². The number of rotatable bonds is 6. The molecule has 1 heterocycles. The molecule has 0 aliphatic carbocycles. The first-order valence-corrected chi connectivity index (χ1v) is 7.69. The van der Waals surface area contributed by atoms with Gasteiger partial charge in [0, 0.05) is 24.0 Å². The molecule has 0 aliphatic heterocycles. The molecule has 1 aromatic heterocycles. The lowest BCUT2D eigenvalue weighted by Crippen LogP contribution is -2.32. The maximum absolute atomic E-state index is 12.0. The fourth-order valence-corrected chi connectivity index (χ4v) is 2.76. The number of nitrogens with one attached hydrogen (secondary N) is 1. The molecule has 2 rings (SSSR count). The van der Waals surface area contributed by atoms with Crippen LogP contribution in [0.3, 0.4) is 0 Å². The third-order valence-electron chi connectivity index (χ3n) is 3.06. The minimum Gasteiger partial charge on any atom is -0.355 e. The Kier molecular flexibility index (Phi) is 5.47. The smallest absolute Gasteiger partial charge is 0.237 e. The molecule has 0 saturated heterocycles. The van der Waals surface area contributed by atoms with Gasteiger partial charge in [-0.05, 0) is 18.9 Å². The van der Waals surface area contributed by atoms with Gasteiger partial charge in [-0.15, -0.1) is 11.3 Å². The molecule has 1 N–H and O–H groups in total. The summed E-state index contributed by atoms with van der Waals surface area (Å²) < 4.78 is 0. The third kappa shape index (κ3) is 4.69. The van der Waals surface area contributed by atoms with Crippen LogP contribution in [-0.2, 0) is 17.6 Å². The van der Waals surface area contributed by atoms with E-state index in [-0.39, 0.29) is 5.91 Å². The van der Waals surface area contributed by atoms with Crippen molar-refractivity contribution in [1.29, 1.82) is 5.26 Å². The number of nitrogens with zero attached hydrogens (tertiary/aromatic N) is 2. The Bertz CT molecular complexity index is 630. The minimum atomic E-state index is -0.648. The van der Waals surface area contributed by atoms with Crippen LogP contribution in [0.1, 0.15) is 16.3 Å². The van der Waals surface area contributed by atoms with Crippen LogP contribution >= 0.6 is 11.3 Å². The summed E-state index contributed by atoms with van der Waals surface area (Å²) in [7, 11) is 0. The van der Waals surface area contributed by atoms with Crippen LogP contribution in [0.2, 0.25) is 0 Å². The molecule has 1 aromatic carbocycles. The predicted octanol–water partition coefficient (Wildman–Crippen LogP) is 2.49. The second-order valence-corrected chi connectivity index (χ2v) is 5.74. The minimum absolute atomic E-state index is 0.213. The molecule has 0 spiro atoms. The van der Waals surface area contributed by atoms with Crippen LogP contribution in [0, 0.1) is 24.2 Å². The number of aryl methyl sites for hydroxylation is 1. The van der Waals surface area contributed by atoms with E-state index in [1.807, 2.05) is 42.6 Å². The van der Waals surface area contributed by atoms with Crippen molar-refractivity contribution in [2.75, 3.05) is 6.54 Å². The van der Waals surface area contributed by atoms with E-state index < -0.39 is 5.92 Å². The number of benzene rings is 1. The highest BCUT2D eigenvalue weighted by atomic mass is 32.1. The highest BCUT2D eigenvalue weighted by Gasteiger charge is 2.17. The number of hydrogen-bond donors (Lipinski definition) is 1. The average Bonchev–Trinajstić information content (AvgIpc) is 2.91. The summed E-state index contributed by atoms with van der Waals surface area (Å²) in [5.41, 5.74) is 2.00. The molecular weight excluding hydrogens is 282 g/mol. The first kappa shape index (κ1) is 15.2. The third-order valence-corrected chi connectivity index (χ3v) is 4.09. The quantitative estimate of drug-likeness (QED) is 0.891. The van der Waals surface area contributed by atoms with E-state index in [1.54, 1.807) is 11.3 Å². The normalized spacial score (nSPS) is 11.6. The molecule has 5 heteroatoms. The summed E-state index contributed by atoms with van der Waals surface area (Å²) in [4.78, 5) is 16.4. The Balaban J connectivity index is 1.82. The van der Waals surface area contributed by atoms with Gasteiger partial charge in [0.15, 0.2) is 0 Å². The van der Waals surface area contributed by atoms with Gasteiger partial charge in [-0.2, -0.15) is 5.26 Å². The fourth-order valence-electron chi connectivity index (χ4n) is 1.98. The fraction of sp³-hybridized carbons (Fsp3) is 0.312. The van der Waals surface area contributed by atoms with Gasteiger partial charge < -0.3 is 5.32 Å². The van der Waals surface area contributed by atoms with Crippen molar-refractivity contribution in [3.05, 3.63) is 52.0 Å². The largest absolute Gasteiger partial charge is 0.355 e. The molecule has 1 atom stereocenters. The van der Waals surface area contributed by atoms with Gasteiger partial charge in [0.1, 0.15) is 5.92 Å².